The highest BCUT2D eigenvalue weighted by Crippen LogP contribution is 2.25. The third-order valence-corrected chi connectivity index (χ3v) is 3.30. The fourth-order valence-electron chi connectivity index (χ4n) is 2.33. The molecule has 0 aromatic heterocycles. The zero-order chi connectivity index (χ0) is 14.7. The molecule has 0 saturated heterocycles. The summed E-state index contributed by atoms with van der Waals surface area (Å²) < 4.78 is 0. The molecular formula is C18H17N3. The summed E-state index contributed by atoms with van der Waals surface area (Å²) in [5.41, 5.74) is 9.00. The molecule has 0 spiro atoms. The molecule has 0 radical (unpaired) electrons. The minimum atomic E-state index is 0.386. The van der Waals surface area contributed by atoms with Crippen LogP contribution in [0.1, 0.15) is 5.56 Å². The summed E-state index contributed by atoms with van der Waals surface area (Å²) in [6.07, 6.45) is 0. The van der Waals surface area contributed by atoms with Crippen molar-refractivity contribution in [3.8, 4) is 0 Å². The van der Waals surface area contributed by atoms with Gasteiger partial charge in [-0.15, -0.1) is 0 Å². The van der Waals surface area contributed by atoms with Crippen molar-refractivity contribution in [3.63, 3.8) is 0 Å². The molecule has 3 N–H and O–H groups in total. The highest BCUT2D eigenvalue weighted by Gasteiger charge is 2.00. The largest absolute Gasteiger partial charge is 0.369 e. The number of guanidine groups is 1. The van der Waals surface area contributed by atoms with Crippen LogP contribution in [0.25, 0.3) is 10.8 Å². The lowest BCUT2D eigenvalue weighted by Crippen LogP contribution is -2.21. The van der Waals surface area contributed by atoms with Gasteiger partial charge in [-0.25, -0.2) is 4.99 Å². The number of aryl methyl sites for hydroxylation is 1. The molecule has 3 aromatic carbocycles. The molecule has 0 aliphatic rings. The van der Waals surface area contributed by atoms with E-state index in [2.05, 4.69) is 22.4 Å². The van der Waals surface area contributed by atoms with Gasteiger partial charge in [-0.05, 0) is 36.1 Å². The lowest BCUT2D eigenvalue weighted by molar-refractivity contribution is 1.43. The van der Waals surface area contributed by atoms with Gasteiger partial charge in [-0.1, -0.05) is 48.5 Å². The van der Waals surface area contributed by atoms with Gasteiger partial charge in [0.25, 0.3) is 0 Å². The van der Waals surface area contributed by atoms with Crippen LogP contribution in [0.3, 0.4) is 0 Å². The molecule has 3 nitrogen and oxygen atoms in total. The molecular weight excluding hydrogens is 258 g/mol. The molecule has 104 valence electrons. The maximum Gasteiger partial charge on any atom is 0.198 e. The van der Waals surface area contributed by atoms with Gasteiger partial charge in [-0.3, -0.25) is 0 Å². The van der Waals surface area contributed by atoms with Crippen LogP contribution in [0, 0.1) is 6.92 Å². The summed E-state index contributed by atoms with van der Waals surface area (Å²) in [6.45, 7) is 2.04. The molecule has 3 aromatic rings. The van der Waals surface area contributed by atoms with Crippen LogP contribution in [-0.2, 0) is 0 Å². The zero-order valence-electron chi connectivity index (χ0n) is 11.9. The van der Waals surface area contributed by atoms with E-state index in [1.54, 1.807) is 0 Å². The van der Waals surface area contributed by atoms with Crippen molar-refractivity contribution in [1.82, 2.24) is 0 Å². The second kappa shape index (κ2) is 5.67. The summed E-state index contributed by atoms with van der Waals surface area (Å²) in [5, 5.41) is 5.37. The Morgan fingerprint density at radius 2 is 1.71 bits per heavy atom. The van der Waals surface area contributed by atoms with Gasteiger partial charge in [0.05, 0.1) is 5.69 Å². The molecule has 3 rings (SSSR count). The van der Waals surface area contributed by atoms with Gasteiger partial charge < -0.3 is 11.1 Å². The second-order valence-electron chi connectivity index (χ2n) is 4.99. The minimum Gasteiger partial charge on any atom is -0.369 e. The van der Waals surface area contributed by atoms with Crippen LogP contribution in [0.2, 0.25) is 0 Å². The van der Waals surface area contributed by atoms with E-state index in [1.165, 1.54) is 5.56 Å². The number of hydrogen-bond donors (Lipinski definition) is 2. The van der Waals surface area contributed by atoms with E-state index in [9.17, 15) is 0 Å². The van der Waals surface area contributed by atoms with Crippen LogP contribution in [-0.4, -0.2) is 5.96 Å². The van der Waals surface area contributed by atoms with Crippen LogP contribution in [0.4, 0.5) is 11.4 Å². The third kappa shape index (κ3) is 3.03. The Kier molecular flexibility index (Phi) is 3.56. The number of hydrogen-bond acceptors (Lipinski definition) is 1. The SMILES string of the molecule is Cc1cccc(NC(N)=Nc2cccc3ccccc23)c1. The standard InChI is InChI=1S/C18H17N3/c1-13-6-4-9-15(12-13)20-18(19)21-17-11-5-8-14-7-2-3-10-16(14)17/h2-12H,1H3,(H3,19,20,21). The molecule has 0 unspecified atom stereocenters. The molecule has 0 aliphatic carbocycles. The highest BCUT2D eigenvalue weighted by molar-refractivity contribution is 5.99. The number of benzene rings is 3. The fourth-order valence-corrected chi connectivity index (χ4v) is 2.33. The normalized spacial score (nSPS) is 11.6. The number of nitrogens with one attached hydrogen (secondary N) is 1. The topological polar surface area (TPSA) is 50.4 Å². The van der Waals surface area contributed by atoms with Crippen molar-refractivity contribution in [1.29, 1.82) is 0 Å². The molecule has 0 aliphatic heterocycles. The lowest BCUT2D eigenvalue weighted by atomic mass is 10.1. The molecule has 0 amide bonds. The van der Waals surface area contributed by atoms with Gasteiger partial charge >= 0.3 is 0 Å². The van der Waals surface area contributed by atoms with Gasteiger partial charge in [0.1, 0.15) is 0 Å². The first-order valence-corrected chi connectivity index (χ1v) is 6.88. The Labute approximate surface area is 124 Å². The molecule has 0 fully saturated rings. The highest BCUT2D eigenvalue weighted by atomic mass is 15.1. The first kappa shape index (κ1) is 13.2. The number of rotatable bonds is 2. The van der Waals surface area contributed by atoms with Crippen molar-refractivity contribution in [2.75, 3.05) is 5.32 Å². The van der Waals surface area contributed by atoms with E-state index < -0.39 is 0 Å². The predicted octanol–water partition coefficient (Wildman–Crippen LogP) is 4.21. The summed E-state index contributed by atoms with van der Waals surface area (Å²) >= 11 is 0. The summed E-state index contributed by atoms with van der Waals surface area (Å²) in [6, 6.07) is 22.2. The maximum absolute atomic E-state index is 6.02. The van der Waals surface area contributed by atoms with E-state index in [1.807, 2.05) is 61.5 Å². The van der Waals surface area contributed by atoms with E-state index in [0.717, 1.165) is 22.1 Å². The average molecular weight is 275 g/mol. The lowest BCUT2D eigenvalue weighted by Gasteiger charge is -2.07. The van der Waals surface area contributed by atoms with Crippen LogP contribution >= 0.6 is 0 Å². The smallest absolute Gasteiger partial charge is 0.198 e. The van der Waals surface area contributed by atoms with Gasteiger partial charge in [0.2, 0.25) is 0 Å². The predicted molar refractivity (Wildman–Crippen MR) is 90.0 cm³/mol. The molecule has 21 heavy (non-hydrogen) atoms. The van der Waals surface area contributed by atoms with Crippen molar-refractivity contribution >= 4 is 28.1 Å². The Bertz CT molecular complexity index is 801. The monoisotopic (exact) mass is 275 g/mol. The Morgan fingerprint density at radius 1 is 0.952 bits per heavy atom. The quantitative estimate of drug-likeness (QED) is 0.544. The first-order valence-electron chi connectivity index (χ1n) is 6.88. The Balaban J connectivity index is 1.92. The minimum absolute atomic E-state index is 0.386. The maximum atomic E-state index is 6.02. The van der Waals surface area contributed by atoms with Gasteiger partial charge in [-0.2, -0.15) is 0 Å². The van der Waals surface area contributed by atoms with Crippen molar-refractivity contribution < 1.29 is 0 Å². The summed E-state index contributed by atoms with van der Waals surface area (Å²) in [7, 11) is 0. The van der Waals surface area contributed by atoms with Crippen molar-refractivity contribution in [2.45, 2.75) is 6.92 Å². The van der Waals surface area contributed by atoms with Crippen LogP contribution < -0.4 is 11.1 Å². The van der Waals surface area contributed by atoms with Crippen molar-refractivity contribution in [2.24, 2.45) is 10.7 Å². The Morgan fingerprint density at radius 3 is 2.57 bits per heavy atom. The van der Waals surface area contributed by atoms with Crippen LogP contribution in [0.5, 0.6) is 0 Å². The van der Waals surface area contributed by atoms with E-state index >= 15 is 0 Å². The average Bonchev–Trinajstić information content (AvgIpc) is 2.47. The Hall–Kier alpha value is -2.81. The van der Waals surface area contributed by atoms with Gasteiger partial charge in [0.15, 0.2) is 5.96 Å². The number of nitrogens with zero attached hydrogens (tertiary/aromatic N) is 1. The summed E-state index contributed by atoms with van der Waals surface area (Å²) in [4.78, 5) is 4.50. The molecule has 3 heteroatoms. The van der Waals surface area contributed by atoms with Crippen molar-refractivity contribution in [3.05, 3.63) is 72.3 Å². The van der Waals surface area contributed by atoms with E-state index in [4.69, 9.17) is 5.73 Å². The molecule has 0 atom stereocenters. The number of aliphatic imine (C=N–C) groups is 1. The number of fused-ring (bicyclic) bond motifs is 1. The molecule has 0 saturated carbocycles. The van der Waals surface area contributed by atoms with E-state index in [0.29, 0.717) is 5.96 Å². The number of nitrogens with two attached hydrogens (primary N) is 1. The number of anilines is 1. The van der Waals surface area contributed by atoms with Gasteiger partial charge in [0, 0.05) is 11.1 Å². The second-order valence-corrected chi connectivity index (χ2v) is 4.99. The third-order valence-electron chi connectivity index (χ3n) is 3.30. The van der Waals surface area contributed by atoms with Crippen LogP contribution in [0.15, 0.2) is 71.7 Å². The van der Waals surface area contributed by atoms with E-state index in [-0.39, 0.29) is 0 Å². The molecule has 0 bridgehead atoms. The zero-order valence-corrected chi connectivity index (χ0v) is 11.9. The first-order chi connectivity index (χ1) is 10.2. The molecule has 0 heterocycles. The summed E-state index contributed by atoms with van der Waals surface area (Å²) in [5.74, 6) is 0.386. The fraction of sp³-hybridized carbons (Fsp3) is 0.0556.